The molecular weight excluding hydrogens is 576 g/mol. The highest BCUT2D eigenvalue weighted by Crippen LogP contribution is 2.32. The first kappa shape index (κ1) is 33.9. The van der Waals surface area contributed by atoms with Crippen LogP contribution in [0.1, 0.15) is 41.6 Å². The molecule has 2 fully saturated rings. The summed E-state index contributed by atoms with van der Waals surface area (Å²) < 4.78 is 33.1. The molecule has 244 valence electrons. The molecule has 0 spiro atoms. The number of nitrogens with zero attached hydrogens (tertiary/aromatic N) is 1. The van der Waals surface area contributed by atoms with Crippen molar-refractivity contribution in [3.05, 3.63) is 29.3 Å². The van der Waals surface area contributed by atoms with Gasteiger partial charge in [-0.2, -0.15) is 0 Å². The highest BCUT2D eigenvalue weighted by atomic mass is 16.6. The van der Waals surface area contributed by atoms with Gasteiger partial charge in [-0.05, 0) is 44.5 Å². The van der Waals surface area contributed by atoms with Crippen molar-refractivity contribution >= 4 is 29.3 Å². The molecule has 44 heavy (non-hydrogen) atoms. The zero-order valence-electron chi connectivity index (χ0n) is 25.1. The molecule has 3 heterocycles. The van der Waals surface area contributed by atoms with Gasteiger partial charge in [0.15, 0.2) is 0 Å². The second kappa shape index (κ2) is 18.7. The molecule has 0 aromatic heterocycles. The first-order valence-corrected chi connectivity index (χ1v) is 15.3. The Morgan fingerprint density at radius 1 is 0.818 bits per heavy atom. The van der Waals surface area contributed by atoms with E-state index >= 15 is 0 Å². The Morgan fingerprint density at radius 2 is 1.43 bits per heavy atom. The summed E-state index contributed by atoms with van der Waals surface area (Å²) in [5, 5.41) is 8.38. The summed E-state index contributed by atoms with van der Waals surface area (Å²) >= 11 is 0. The van der Waals surface area contributed by atoms with Crippen LogP contribution in [0.25, 0.3) is 0 Å². The second-order valence-electron chi connectivity index (χ2n) is 10.6. The average Bonchev–Trinajstić information content (AvgIpc) is 3.36. The van der Waals surface area contributed by atoms with Crippen molar-refractivity contribution in [3.63, 3.8) is 0 Å². The number of carbonyl (C=O) groups excluding carboxylic acids is 4. The summed E-state index contributed by atoms with van der Waals surface area (Å²) in [5.74, 6) is -1.49. The van der Waals surface area contributed by atoms with E-state index in [0.717, 1.165) is 25.9 Å². The number of anilines is 1. The summed E-state index contributed by atoms with van der Waals surface area (Å²) in [4.78, 5) is 50.6. The van der Waals surface area contributed by atoms with Crippen LogP contribution in [-0.4, -0.2) is 126 Å². The van der Waals surface area contributed by atoms with Gasteiger partial charge in [0.1, 0.15) is 12.6 Å². The molecule has 0 bridgehead atoms. The van der Waals surface area contributed by atoms with E-state index in [0.29, 0.717) is 82.4 Å². The minimum absolute atomic E-state index is 0.170. The van der Waals surface area contributed by atoms with E-state index in [-0.39, 0.29) is 50.3 Å². The van der Waals surface area contributed by atoms with E-state index in [1.165, 1.54) is 4.90 Å². The van der Waals surface area contributed by atoms with Crippen LogP contribution in [0.3, 0.4) is 0 Å². The molecule has 14 nitrogen and oxygen atoms in total. The molecule has 2 saturated heterocycles. The lowest BCUT2D eigenvalue weighted by Crippen LogP contribution is -2.52. The largest absolute Gasteiger partial charge is 0.377 e. The van der Waals surface area contributed by atoms with Crippen molar-refractivity contribution in [2.45, 2.75) is 44.4 Å². The SMILES string of the molecule is O=C1CCC(N2Cc3c(NC(=O)COCCOCCOCCOCCOCCOC4CCNCC4)cccc3C2=O)C(=O)N1. The second-order valence-corrected chi connectivity index (χ2v) is 10.6. The number of imide groups is 1. The van der Waals surface area contributed by atoms with Crippen LogP contribution in [0.4, 0.5) is 5.69 Å². The van der Waals surface area contributed by atoms with Crippen molar-refractivity contribution in [2.24, 2.45) is 0 Å². The number of nitrogens with one attached hydrogen (secondary N) is 3. The predicted octanol–water partition coefficient (Wildman–Crippen LogP) is 0.238. The standard InChI is InChI=1S/C30H44N4O10/c35-27-5-4-26(29(37)33-27)34-20-24-23(30(34)38)2-1-3-25(24)32-28(36)21-43-17-16-41-13-12-39-10-11-40-14-15-42-18-19-44-22-6-8-31-9-7-22/h1-3,22,26,31H,4-21H2,(H,32,36)(H,33,35,37). The fraction of sp³-hybridized carbons (Fsp3) is 0.667. The van der Waals surface area contributed by atoms with Gasteiger partial charge in [0.2, 0.25) is 17.7 Å². The smallest absolute Gasteiger partial charge is 0.255 e. The summed E-state index contributed by atoms with van der Waals surface area (Å²) in [6, 6.07) is 4.32. The Labute approximate surface area is 257 Å². The van der Waals surface area contributed by atoms with Crippen LogP contribution in [-0.2, 0) is 49.3 Å². The number of piperidine rings is 2. The minimum atomic E-state index is -0.719. The summed E-state index contributed by atoms with van der Waals surface area (Å²) in [6.45, 7) is 6.51. The average molecular weight is 621 g/mol. The van der Waals surface area contributed by atoms with Gasteiger partial charge in [-0.25, -0.2) is 0 Å². The van der Waals surface area contributed by atoms with Crippen molar-refractivity contribution in [3.8, 4) is 0 Å². The van der Waals surface area contributed by atoms with Gasteiger partial charge in [-0.3, -0.25) is 24.5 Å². The van der Waals surface area contributed by atoms with E-state index in [1.54, 1.807) is 18.2 Å². The summed E-state index contributed by atoms with van der Waals surface area (Å²) in [6.07, 6.45) is 2.91. The number of hydrogen-bond donors (Lipinski definition) is 3. The molecule has 0 radical (unpaired) electrons. The number of rotatable bonds is 20. The number of amides is 4. The molecule has 1 atom stereocenters. The van der Waals surface area contributed by atoms with Crippen LogP contribution in [0.2, 0.25) is 0 Å². The summed E-state index contributed by atoms with van der Waals surface area (Å²) in [5.41, 5.74) is 1.54. The topological polar surface area (TPSA) is 163 Å². The number of fused-ring (bicyclic) bond motifs is 1. The third-order valence-corrected chi connectivity index (χ3v) is 7.44. The molecule has 3 aliphatic rings. The van der Waals surface area contributed by atoms with E-state index < -0.39 is 11.9 Å². The summed E-state index contributed by atoms with van der Waals surface area (Å²) in [7, 11) is 0. The molecule has 0 aliphatic carbocycles. The molecule has 3 N–H and O–H groups in total. The van der Waals surface area contributed by atoms with Gasteiger partial charge in [0, 0.05) is 29.8 Å². The zero-order chi connectivity index (χ0) is 31.0. The van der Waals surface area contributed by atoms with Gasteiger partial charge in [0.25, 0.3) is 5.91 Å². The third-order valence-electron chi connectivity index (χ3n) is 7.44. The molecule has 3 aliphatic heterocycles. The molecule has 4 rings (SSSR count). The van der Waals surface area contributed by atoms with Crippen LogP contribution >= 0.6 is 0 Å². The molecule has 0 saturated carbocycles. The maximum atomic E-state index is 12.9. The van der Waals surface area contributed by atoms with Gasteiger partial charge in [-0.1, -0.05) is 6.07 Å². The fourth-order valence-corrected chi connectivity index (χ4v) is 5.17. The highest BCUT2D eigenvalue weighted by molar-refractivity contribution is 6.06. The van der Waals surface area contributed by atoms with Crippen molar-refractivity contribution in [1.82, 2.24) is 15.5 Å². The van der Waals surface area contributed by atoms with E-state index in [9.17, 15) is 19.2 Å². The lowest BCUT2D eigenvalue weighted by atomic mass is 10.0. The van der Waals surface area contributed by atoms with E-state index in [2.05, 4.69) is 16.0 Å². The highest BCUT2D eigenvalue weighted by Gasteiger charge is 2.40. The lowest BCUT2D eigenvalue weighted by molar-refractivity contribution is -0.137. The minimum Gasteiger partial charge on any atom is -0.377 e. The maximum absolute atomic E-state index is 12.9. The van der Waals surface area contributed by atoms with Crippen LogP contribution < -0.4 is 16.0 Å². The molecule has 1 aromatic carbocycles. The Bertz CT molecular complexity index is 1100. The van der Waals surface area contributed by atoms with Crippen LogP contribution in [0, 0.1) is 0 Å². The van der Waals surface area contributed by atoms with Crippen molar-refractivity contribution in [2.75, 3.05) is 91.1 Å². The molecular formula is C30H44N4O10. The van der Waals surface area contributed by atoms with Gasteiger partial charge in [0.05, 0.1) is 72.2 Å². The van der Waals surface area contributed by atoms with Crippen LogP contribution in [0.5, 0.6) is 0 Å². The number of carbonyl (C=O) groups is 4. The first-order valence-electron chi connectivity index (χ1n) is 15.3. The van der Waals surface area contributed by atoms with E-state index in [1.807, 2.05) is 0 Å². The predicted molar refractivity (Wildman–Crippen MR) is 157 cm³/mol. The molecule has 1 unspecified atom stereocenters. The van der Waals surface area contributed by atoms with E-state index in [4.69, 9.17) is 28.4 Å². The Kier molecular flexibility index (Phi) is 14.4. The monoisotopic (exact) mass is 620 g/mol. The number of benzene rings is 1. The van der Waals surface area contributed by atoms with Crippen LogP contribution in [0.15, 0.2) is 18.2 Å². The molecule has 1 aromatic rings. The molecule has 4 amide bonds. The molecule has 14 heteroatoms. The first-order chi connectivity index (χ1) is 21.5. The maximum Gasteiger partial charge on any atom is 0.255 e. The number of ether oxygens (including phenoxy) is 6. The van der Waals surface area contributed by atoms with Crippen molar-refractivity contribution in [1.29, 1.82) is 0 Å². The van der Waals surface area contributed by atoms with Gasteiger partial charge in [-0.15, -0.1) is 0 Å². The van der Waals surface area contributed by atoms with Gasteiger partial charge >= 0.3 is 0 Å². The number of hydrogen-bond acceptors (Lipinski definition) is 11. The van der Waals surface area contributed by atoms with Crippen molar-refractivity contribution < 1.29 is 47.6 Å². The Hall–Kier alpha value is -2.98. The fourth-order valence-electron chi connectivity index (χ4n) is 5.17. The normalized spacial score (nSPS) is 18.9. The quantitative estimate of drug-likeness (QED) is 0.135. The van der Waals surface area contributed by atoms with Gasteiger partial charge < -0.3 is 44.0 Å². The lowest BCUT2D eigenvalue weighted by Gasteiger charge is -2.29. The zero-order valence-corrected chi connectivity index (χ0v) is 25.1. The third kappa shape index (κ3) is 10.9. The Balaban J connectivity index is 0.964. The Morgan fingerprint density at radius 3 is 2.07 bits per heavy atom.